The molecule has 2 saturated heterocycles. The van der Waals surface area contributed by atoms with Gasteiger partial charge in [-0.2, -0.15) is 13.2 Å². The van der Waals surface area contributed by atoms with Gasteiger partial charge in [0.05, 0.1) is 11.4 Å². The Labute approximate surface area is 256 Å². The minimum absolute atomic E-state index is 0.0251. The minimum Gasteiger partial charge on any atom is -0.475 e. The van der Waals surface area contributed by atoms with Crippen LogP contribution in [0.2, 0.25) is 0 Å². The van der Waals surface area contributed by atoms with Crippen LogP contribution in [0.1, 0.15) is 46.9 Å². The maximum absolute atomic E-state index is 12.9. The summed E-state index contributed by atoms with van der Waals surface area (Å²) in [6.07, 6.45) is -1.62. The molecular weight excluding hydrogens is 571 g/mol. The van der Waals surface area contributed by atoms with Gasteiger partial charge in [-0.25, -0.2) is 4.79 Å². The average molecular weight is 612 g/mol. The highest BCUT2D eigenvalue weighted by Gasteiger charge is 2.38. The van der Waals surface area contributed by atoms with Gasteiger partial charge >= 0.3 is 12.1 Å². The van der Waals surface area contributed by atoms with E-state index in [0.717, 1.165) is 73.8 Å². The predicted octanol–water partition coefficient (Wildman–Crippen LogP) is 4.65. The number of carboxylic acid groups (broad SMARTS) is 1. The molecule has 0 unspecified atom stereocenters. The second kappa shape index (κ2) is 15.8. The summed E-state index contributed by atoms with van der Waals surface area (Å²) >= 11 is 0. The van der Waals surface area contributed by atoms with Crippen LogP contribution in [0, 0.1) is 5.92 Å². The monoisotopic (exact) mass is 611 g/mol. The Kier molecular flexibility index (Phi) is 11.9. The summed E-state index contributed by atoms with van der Waals surface area (Å²) in [4.78, 5) is 29.2. The Balaban J connectivity index is 0.000000566. The third kappa shape index (κ3) is 10.4. The number of halogens is 3. The largest absolute Gasteiger partial charge is 0.490 e. The maximum atomic E-state index is 12.9. The molecule has 0 aliphatic carbocycles. The Morgan fingerprint density at radius 1 is 1.00 bits per heavy atom. The number of carbonyl (C=O) groups is 2. The highest BCUT2D eigenvalue weighted by atomic mass is 19.4. The molecule has 0 saturated carbocycles. The summed E-state index contributed by atoms with van der Waals surface area (Å²) in [5.41, 5.74) is 6.20. The van der Waals surface area contributed by atoms with Crippen LogP contribution in [-0.2, 0) is 24.3 Å². The molecule has 2 aliphatic rings. The van der Waals surface area contributed by atoms with Gasteiger partial charge in [0, 0.05) is 49.9 Å². The number of alkyl halides is 3. The number of hydrogen-bond acceptors (Lipinski definition) is 6. The molecule has 3 aromatic rings. The van der Waals surface area contributed by atoms with E-state index in [0.29, 0.717) is 18.5 Å². The van der Waals surface area contributed by atoms with E-state index in [4.69, 9.17) is 14.9 Å². The zero-order chi connectivity index (χ0) is 31.5. The van der Waals surface area contributed by atoms with Crippen LogP contribution in [0.4, 0.5) is 13.2 Å². The average Bonchev–Trinajstić information content (AvgIpc) is 3.01. The molecule has 0 bridgehead atoms. The Morgan fingerprint density at radius 3 is 2.43 bits per heavy atom. The number of rotatable bonds is 8. The standard InChI is InChI=1S/C31H39N5O.C2HF3O2/c1-23-21-36(16-15-33-23)22-29-9-4-10-30(35-29)27-7-3-6-26(19-27)20-34-31(37)28-8-2-5-25(18-28)17-24-11-13-32-14-12-24;3-2(4,5)1(6)7/h2-10,18-19,23-24,32-33H,11-17,20-22H2,1H3,(H,34,37);(H,6,7)/t23-;/m0./s1. The SMILES string of the molecule is C[C@H]1CN(Cc2cccc(-c3cccc(CNC(=O)c4cccc(CC5CCNCC5)c4)c3)n2)CCN1.O=C(O)C(F)(F)F. The van der Waals surface area contributed by atoms with E-state index in [1.54, 1.807) is 0 Å². The number of aliphatic carboxylic acids is 1. The summed E-state index contributed by atoms with van der Waals surface area (Å²) in [6.45, 7) is 8.90. The van der Waals surface area contributed by atoms with E-state index in [1.807, 2.05) is 18.2 Å². The van der Waals surface area contributed by atoms with Crippen LogP contribution in [0.15, 0.2) is 66.7 Å². The summed E-state index contributed by atoms with van der Waals surface area (Å²) < 4.78 is 31.7. The number of aromatic nitrogens is 1. The van der Waals surface area contributed by atoms with Crippen LogP contribution in [0.5, 0.6) is 0 Å². The van der Waals surface area contributed by atoms with Gasteiger partial charge in [0.1, 0.15) is 0 Å². The molecule has 44 heavy (non-hydrogen) atoms. The minimum atomic E-state index is -5.08. The van der Waals surface area contributed by atoms with Crippen molar-refractivity contribution in [1.82, 2.24) is 25.8 Å². The number of benzene rings is 2. The van der Waals surface area contributed by atoms with Crippen molar-refractivity contribution < 1.29 is 27.9 Å². The molecule has 8 nitrogen and oxygen atoms in total. The number of hydrogen-bond donors (Lipinski definition) is 4. The van der Waals surface area contributed by atoms with E-state index in [9.17, 15) is 18.0 Å². The molecule has 0 spiro atoms. The van der Waals surface area contributed by atoms with E-state index in [-0.39, 0.29) is 5.91 Å². The van der Waals surface area contributed by atoms with Crippen molar-refractivity contribution in [2.45, 2.75) is 51.5 Å². The maximum Gasteiger partial charge on any atom is 0.490 e. The Morgan fingerprint density at radius 2 is 1.70 bits per heavy atom. The van der Waals surface area contributed by atoms with Crippen molar-refractivity contribution in [3.63, 3.8) is 0 Å². The molecule has 0 radical (unpaired) electrons. The van der Waals surface area contributed by atoms with E-state index in [1.165, 1.54) is 18.4 Å². The molecule has 2 aromatic carbocycles. The zero-order valence-corrected chi connectivity index (χ0v) is 24.9. The first-order valence-corrected chi connectivity index (χ1v) is 15.0. The second-order valence-electron chi connectivity index (χ2n) is 11.4. The summed E-state index contributed by atoms with van der Waals surface area (Å²) in [7, 11) is 0. The predicted molar refractivity (Wildman–Crippen MR) is 163 cm³/mol. The molecule has 2 aliphatic heterocycles. The van der Waals surface area contributed by atoms with Gasteiger partial charge in [-0.05, 0) is 86.7 Å². The summed E-state index contributed by atoms with van der Waals surface area (Å²) in [5, 5.41) is 17.2. The molecule has 11 heteroatoms. The van der Waals surface area contributed by atoms with Crippen LogP contribution in [0.25, 0.3) is 11.3 Å². The lowest BCUT2D eigenvalue weighted by Crippen LogP contribution is -2.48. The van der Waals surface area contributed by atoms with Crippen LogP contribution in [0.3, 0.4) is 0 Å². The van der Waals surface area contributed by atoms with Crippen LogP contribution < -0.4 is 16.0 Å². The van der Waals surface area contributed by atoms with Crippen LogP contribution in [-0.4, -0.2) is 71.8 Å². The fraction of sp³-hybridized carbons (Fsp3) is 0.424. The summed E-state index contributed by atoms with van der Waals surface area (Å²) in [6, 6.07) is 23.2. The highest BCUT2D eigenvalue weighted by molar-refractivity contribution is 5.94. The van der Waals surface area contributed by atoms with Crippen molar-refractivity contribution in [2.75, 3.05) is 32.7 Å². The number of nitrogens with one attached hydrogen (secondary N) is 3. The van der Waals surface area contributed by atoms with Crippen molar-refractivity contribution in [3.8, 4) is 11.3 Å². The number of carbonyl (C=O) groups excluding carboxylic acids is 1. The fourth-order valence-electron chi connectivity index (χ4n) is 5.50. The van der Waals surface area contributed by atoms with E-state index >= 15 is 0 Å². The normalized spacial score (nSPS) is 17.8. The van der Waals surface area contributed by atoms with E-state index < -0.39 is 12.1 Å². The number of piperidine rings is 1. The molecule has 1 atom stereocenters. The Hall–Kier alpha value is -3.80. The Bertz CT molecular complexity index is 1390. The topological polar surface area (TPSA) is 107 Å². The number of amides is 1. The van der Waals surface area contributed by atoms with Crippen molar-refractivity contribution in [1.29, 1.82) is 0 Å². The number of piperazine rings is 1. The molecule has 236 valence electrons. The zero-order valence-electron chi connectivity index (χ0n) is 24.9. The van der Waals surface area contributed by atoms with E-state index in [2.05, 4.69) is 76.3 Å². The van der Waals surface area contributed by atoms with Gasteiger partial charge in [-0.15, -0.1) is 0 Å². The lowest BCUT2D eigenvalue weighted by molar-refractivity contribution is -0.192. The molecule has 3 heterocycles. The fourth-order valence-corrected chi connectivity index (χ4v) is 5.50. The number of nitrogens with zero attached hydrogens (tertiary/aromatic N) is 2. The molecule has 2 fully saturated rings. The molecule has 1 amide bonds. The third-order valence-electron chi connectivity index (χ3n) is 7.74. The lowest BCUT2D eigenvalue weighted by atomic mass is 9.90. The molecule has 4 N–H and O–H groups in total. The third-order valence-corrected chi connectivity index (χ3v) is 7.74. The first-order chi connectivity index (χ1) is 21.1. The molecule has 1 aromatic heterocycles. The molecular formula is C33H40F3N5O3. The van der Waals surface area contributed by atoms with Gasteiger partial charge in [-0.3, -0.25) is 14.7 Å². The van der Waals surface area contributed by atoms with Gasteiger partial charge < -0.3 is 21.1 Å². The number of pyridine rings is 1. The van der Waals surface area contributed by atoms with Gasteiger partial charge in [0.25, 0.3) is 5.91 Å². The van der Waals surface area contributed by atoms with Gasteiger partial charge in [-0.1, -0.05) is 36.4 Å². The van der Waals surface area contributed by atoms with Crippen LogP contribution >= 0.6 is 0 Å². The van der Waals surface area contributed by atoms with Crippen molar-refractivity contribution >= 4 is 11.9 Å². The van der Waals surface area contributed by atoms with Crippen molar-refractivity contribution in [3.05, 3.63) is 89.1 Å². The quantitative estimate of drug-likeness (QED) is 0.294. The van der Waals surface area contributed by atoms with Crippen molar-refractivity contribution in [2.24, 2.45) is 5.92 Å². The highest BCUT2D eigenvalue weighted by Crippen LogP contribution is 2.21. The first kappa shape index (κ1) is 33.1. The lowest BCUT2D eigenvalue weighted by Gasteiger charge is -2.31. The number of carboxylic acids is 1. The second-order valence-corrected chi connectivity index (χ2v) is 11.4. The summed E-state index contributed by atoms with van der Waals surface area (Å²) in [5.74, 6) is -2.08. The first-order valence-electron chi connectivity index (χ1n) is 15.0. The molecule has 5 rings (SSSR count). The van der Waals surface area contributed by atoms with Gasteiger partial charge in [0.2, 0.25) is 0 Å². The van der Waals surface area contributed by atoms with Gasteiger partial charge in [0.15, 0.2) is 0 Å². The smallest absolute Gasteiger partial charge is 0.475 e.